The molecule has 1 atom stereocenters. The highest BCUT2D eigenvalue weighted by Gasteiger charge is 2.31. The largest absolute Gasteiger partial charge is 0.310 e. The Morgan fingerprint density at radius 1 is 1.25 bits per heavy atom. The van der Waals surface area contributed by atoms with Crippen LogP contribution in [0.1, 0.15) is 26.2 Å². The Kier molecular flexibility index (Phi) is 3.56. The Bertz CT molecular complexity index is 334. The minimum absolute atomic E-state index is 0.202. The second kappa shape index (κ2) is 4.63. The van der Waals surface area contributed by atoms with E-state index in [1.54, 1.807) is 0 Å². The Balaban J connectivity index is 1.91. The van der Waals surface area contributed by atoms with E-state index in [-0.39, 0.29) is 5.54 Å². The van der Waals surface area contributed by atoms with Crippen LogP contribution in [-0.4, -0.2) is 56.5 Å². The maximum Gasteiger partial charge on any atom is 0.151 e. The van der Waals surface area contributed by atoms with Gasteiger partial charge in [-0.25, -0.2) is 8.42 Å². The maximum atomic E-state index is 11.5. The standard InChI is InChI=1S/C11H22N2O2S/c1-11(4-2-5-12-11)10-13-6-3-8-16(14,15)9-7-13/h12H,2-10H2,1H3. The molecule has 2 fully saturated rings. The third-order valence-corrected chi connectivity index (χ3v) is 5.39. The third-order valence-electron chi connectivity index (χ3n) is 3.68. The van der Waals surface area contributed by atoms with Gasteiger partial charge in [-0.05, 0) is 39.3 Å². The van der Waals surface area contributed by atoms with Gasteiger partial charge in [0.05, 0.1) is 11.5 Å². The SMILES string of the molecule is CC1(CN2CCCS(=O)(=O)CC2)CCCN1. The van der Waals surface area contributed by atoms with E-state index in [1.807, 2.05) is 0 Å². The summed E-state index contributed by atoms with van der Waals surface area (Å²) in [5.74, 6) is 0.705. The van der Waals surface area contributed by atoms with Gasteiger partial charge >= 0.3 is 0 Å². The van der Waals surface area contributed by atoms with Crippen molar-refractivity contribution < 1.29 is 8.42 Å². The molecule has 0 spiro atoms. The van der Waals surface area contributed by atoms with Crippen LogP contribution in [0, 0.1) is 0 Å². The first kappa shape index (κ1) is 12.3. The Labute approximate surface area is 98.3 Å². The van der Waals surface area contributed by atoms with Crippen LogP contribution in [0.3, 0.4) is 0 Å². The third kappa shape index (κ3) is 3.18. The lowest BCUT2D eigenvalue weighted by atomic mass is 9.99. The van der Waals surface area contributed by atoms with E-state index in [4.69, 9.17) is 0 Å². The van der Waals surface area contributed by atoms with Crippen molar-refractivity contribution in [3.8, 4) is 0 Å². The molecule has 0 amide bonds. The fourth-order valence-corrected chi connectivity index (χ4v) is 4.04. The summed E-state index contributed by atoms with van der Waals surface area (Å²) in [6, 6.07) is 0. The van der Waals surface area contributed by atoms with Crippen molar-refractivity contribution >= 4 is 9.84 Å². The predicted molar refractivity (Wildman–Crippen MR) is 65.4 cm³/mol. The van der Waals surface area contributed by atoms with Gasteiger partial charge in [-0.1, -0.05) is 0 Å². The molecule has 0 saturated carbocycles. The summed E-state index contributed by atoms with van der Waals surface area (Å²) in [5, 5.41) is 3.53. The van der Waals surface area contributed by atoms with Crippen molar-refractivity contribution in [2.45, 2.75) is 31.7 Å². The quantitative estimate of drug-likeness (QED) is 0.759. The van der Waals surface area contributed by atoms with Crippen LogP contribution >= 0.6 is 0 Å². The molecule has 1 unspecified atom stereocenters. The van der Waals surface area contributed by atoms with Crippen molar-refractivity contribution in [3.05, 3.63) is 0 Å². The van der Waals surface area contributed by atoms with Gasteiger partial charge in [-0.3, -0.25) is 0 Å². The summed E-state index contributed by atoms with van der Waals surface area (Å²) < 4.78 is 23.0. The van der Waals surface area contributed by atoms with Gasteiger partial charge in [0.15, 0.2) is 9.84 Å². The number of nitrogens with zero attached hydrogens (tertiary/aromatic N) is 1. The Hall–Kier alpha value is -0.130. The molecule has 2 aliphatic heterocycles. The predicted octanol–water partition coefficient (Wildman–Crippen LogP) is 0.249. The molecular weight excluding hydrogens is 224 g/mol. The summed E-state index contributed by atoms with van der Waals surface area (Å²) in [6.45, 7) is 5.97. The molecule has 2 rings (SSSR count). The van der Waals surface area contributed by atoms with Crippen molar-refractivity contribution in [1.29, 1.82) is 0 Å². The normalized spacial score (nSPS) is 36.1. The molecule has 2 heterocycles. The summed E-state index contributed by atoms with van der Waals surface area (Å²) >= 11 is 0. The minimum Gasteiger partial charge on any atom is -0.310 e. The average molecular weight is 246 g/mol. The highest BCUT2D eigenvalue weighted by atomic mass is 32.2. The van der Waals surface area contributed by atoms with Gasteiger partial charge in [0.1, 0.15) is 0 Å². The van der Waals surface area contributed by atoms with Gasteiger partial charge < -0.3 is 10.2 Å². The van der Waals surface area contributed by atoms with Crippen molar-refractivity contribution in [3.63, 3.8) is 0 Å². The van der Waals surface area contributed by atoms with Gasteiger partial charge in [0.2, 0.25) is 0 Å². The highest BCUT2D eigenvalue weighted by molar-refractivity contribution is 7.91. The average Bonchev–Trinajstić information content (AvgIpc) is 2.54. The van der Waals surface area contributed by atoms with Crippen LogP contribution in [0.15, 0.2) is 0 Å². The van der Waals surface area contributed by atoms with E-state index in [0.29, 0.717) is 18.1 Å². The van der Waals surface area contributed by atoms with E-state index >= 15 is 0 Å². The van der Waals surface area contributed by atoms with Crippen LogP contribution in [0.5, 0.6) is 0 Å². The van der Waals surface area contributed by atoms with Crippen LogP contribution in [-0.2, 0) is 9.84 Å². The fourth-order valence-electron chi connectivity index (χ4n) is 2.73. The summed E-state index contributed by atoms with van der Waals surface area (Å²) in [5.41, 5.74) is 0.202. The molecule has 94 valence electrons. The molecule has 1 N–H and O–H groups in total. The van der Waals surface area contributed by atoms with E-state index < -0.39 is 9.84 Å². The number of rotatable bonds is 2. The molecule has 2 aliphatic rings. The molecule has 4 nitrogen and oxygen atoms in total. The molecule has 2 saturated heterocycles. The second-order valence-corrected chi connectivity index (χ2v) is 7.68. The molecule has 0 aromatic heterocycles. The van der Waals surface area contributed by atoms with Gasteiger partial charge in [0.25, 0.3) is 0 Å². The van der Waals surface area contributed by atoms with Gasteiger partial charge in [-0.15, -0.1) is 0 Å². The lowest BCUT2D eigenvalue weighted by Gasteiger charge is -2.31. The summed E-state index contributed by atoms with van der Waals surface area (Å²) in [4.78, 5) is 2.31. The Morgan fingerprint density at radius 2 is 2.06 bits per heavy atom. The fraction of sp³-hybridized carbons (Fsp3) is 1.00. The first-order valence-electron chi connectivity index (χ1n) is 6.17. The van der Waals surface area contributed by atoms with Crippen molar-refractivity contribution in [2.24, 2.45) is 0 Å². The van der Waals surface area contributed by atoms with E-state index in [2.05, 4.69) is 17.1 Å². The lowest BCUT2D eigenvalue weighted by molar-refractivity contribution is 0.216. The smallest absolute Gasteiger partial charge is 0.151 e. The van der Waals surface area contributed by atoms with Crippen LogP contribution in [0.2, 0.25) is 0 Å². The van der Waals surface area contributed by atoms with E-state index in [0.717, 1.165) is 26.1 Å². The number of nitrogens with one attached hydrogen (secondary N) is 1. The molecule has 16 heavy (non-hydrogen) atoms. The summed E-state index contributed by atoms with van der Waals surface area (Å²) in [6.07, 6.45) is 3.23. The van der Waals surface area contributed by atoms with E-state index in [9.17, 15) is 8.42 Å². The lowest BCUT2D eigenvalue weighted by Crippen LogP contribution is -2.48. The van der Waals surface area contributed by atoms with Gasteiger partial charge in [-0.2, -0.15) is 0 Å². The molecule has 0 aromatic carbocycles. The highest BCUT2D eigenvalue weighted by Crippen LogP contribution is 2.20. The number of hydrogen-bond acceptors (Lipinski definition) is 4. The first-order valence-corrected chi connectivity index (χ1v) is 7.99. The second-order valence-electron chi connectivity index (χ2n) is 5.37. The maximum absolute atomic E-state index is 11.5. The van der Waals surface area contributed by atoms with Crippen LogP contribution in [0.4, 0.5) is 0 Å². The molecule has 5 heteroatoms. The van der Waals surface area contributed by atoms with E-state index in [1.165, 1.54) is 12.8 Å². The molecule has 0 aromatic rings. The zero-order valence-corrected chi connectivity index (χ0v) is 10.9. The van der Waals surface area contributed by atoms with Crippen LogP contribution in [0.25, 0.3) is 0 Å². The van der Waals surface area contributed by atoms with Gasteiger partial charge in [0, 0.05) is 18.6 Å². The molecule has 0 bridgehead atoms. The van der Waals surface area contributed by atoms with Crippen molar-refractivity contribution in [2.75, 3.05) is 37.7 Å². The molecule has 0 radical (unpaired) electrons. The topological polar surface area (TPSA) is 49.4 Å². The number of hydrogen-bond donors (Lipinski definition) is 1. The molecule has 0 aliphatic carbocycles. The monoisotopic (exact) mass is 246 g/mol. The van der Waals surface area contributed by atoms with Crippen LogP contribution < -0.4 is 5.32 Å². The summed E-state index contributed by atoms with van der Waals surface area (Å²) in [7, 11) is -2.77. The minimum atomic E-state index is -2.77. The number of sulfone groups is 1. The Morgan fingerprint density at radius 3 is 2.75 bits per heavy atom. The van der Waals surface area contributed by atoms with Crippen molar-refractivity contribution in [1.82, 2.24) is 10.2 Å². The molecular formula is C11H22N2O2S. The first-order chi connectivity index (χ1) is 7.49. The zero-order valence-electron chi connectivity index (χ0n) is 10.0. The zero-order chi connectivity index (χ0) is 11.6.